The highest BCUT2D eigenvalue weighted by atomic mass is 32.1. The highest BCUT2D eigenvalue weighted by Gasteiger charge is 2.19. The molecular weight excluding hydrogens is 264 g/mol. The molecule has 1 aromatic rings. The number of para-hydroxylation sites is 1. The van der Waals surface area contributed by atoms with Crippen LogP contribution in [0.2, 0.25) is 0 Å². The first kappa shape index (κ1) is 17.0. The molecule has 0 aliphatic heterocycles. The maximum Gasteiger partial charge on any atom is 0.170 e. The van der Waals surface area contributed by atoms with Crippen LogP contribution in [0.1, 0.15) is 52.7 Å². The van der Waals surface area contributed by atoms with E-state index >= 15 is 0 Å². The monoisotopic (exact) mass is 292 g/mol. The van der Waals surface area contributed by atoms with E-state index in [2.05, 4.69) is 77.3 Å². The SMILES string of the molecule is Cc1cccc(C(C)(C)C)c1NC(=S)NCC(C)(C)C. The average Bonchev–Trinajstić information content (AvgIpc) is 2.27. The molecule has 0 fully saturated rings. The number of hydrogen-bond donors (Lipinski definition) is 2. The van der Waals surface area contributed by atoms with E-state index < -0.39 is 0 Å². The van der Waals surface area contributed by atoms with E-state index in [1.165, 1.54) is 11.1 Å². The minimum atomic E-state index is 0.0913. The fourth-order valence-electron chi connectivity index (χ4n) is 1.96. The van der Waals surface area contributed by atoms with E-state index in [4.69, 9.17) is 12.2 Å². The summed E-state index contributed by atoms with van der Waals surface area (Å²) in [6, 6.07) is 6.39. The van der Waals surface area contributed by atoms with Crippen molar-refractivity contribution in [1.82, 2.24) is 5.32 Å². The van der Waals surface area contributed by atoms with E-state index in [1.807, 2.05) is 0 Å². The topological polar surface area (TPSA) is 24.1 Å². The predicted molar refractivity (Wildman–Crippen MR) is 93.6 cm³/mol. The molecule has 1 rings (SSSR count). The molecule has 0 amide bonds. The maximum absolute atomic E-state index is 5.42. The van der Waals surface area contributed by atoms with Gasteiger partial charge in [-0.25, -0.2) is 0 Å². The minimum Gasteiger partial charge on any atom is -0.362 e. The summed E-state index contributed by atoms with van der Waals surface area (Å²) in [6.45, 7) is 16.2. The molecule has 0 spiro atoms. The molecule has 0 atom stereocenters. The number of nitrogens with one attached hydrogen (secondary N) is 2. The Morgan fingerprint density at radius 1 is 1.10 bits per heavy atom. The van der Waals surface area contributed by atoms with E-state index in [9.17, 15) is 0 Å². The van der Waals surface area contributed by atoms with E-state index in [-0.39, 0.29) is 10.8 Å². The molecular formula is C17H28N2S. The number of rotatable bonds is 2. The lowest BCUT2D eigenvalue weighted by Gasteiger charge is -2.26. The maximum atomic E-state index is 5.42. The molecule has 0 unspecified atom stereocenters. The normalized spacial score (nSPS) is 12.2. The Labute approximate surface area is 129 Å². The van der Waals surface area contributed by atoms with Gasteiger partial charge in [0.05, 0.1) is 0 Å². The van der Waals surface area contributed by atoms with Gasteiger partial charge >= 0.3 is 0 Å². The van der Waals surface area contributed by atoms with Crippen molar-refractivity contribution in [1.29, 1.82) is 0 Å². The summed E-state index contributed by atoms with van der Waals surface area (Å²) in [4.78, 5) is 0. The highest BCUT2D eigenvalue weighted by Crippen LogP contribution is 2.31. The van der Waals surface area contributed by atoms with Crippen molar-refractivity contribution in [2.45, 2.75) is 53.9 Å². The predicted octanol–water partition coefficient (Wildman–Crippen LogP) is 4.63. The average molecular weight is 292 g/mol. The largest absolute Gasteiger partial charge is 0.362 e. The van der Waals surface area contributed by atoms with Crippen molar-refractivity contribution in [2.24, 2.45) is 5.41 Å². The van der Waals surface area contributed by atoms with Crippen LogP contribution >= 0.6 is 12.2 Å². The Morgan fingerprint density at radius 2 is 1.70 bits per heavy atom. The number of anilines is 1. The van der Waals surface area contributed by atoms with Crippen LogP contribution in [0.25, 0.3) is 0 Å². The van der Waals surface area contributed by atoms with Crippen molar-refractivity contribution in [2.75, 3.05) is 11.9 Å². The zero-order valence-electron chi connectivity index (χ0n) is 13.8. The Morgan fingerprint density at radius 3 is 2.20 bits per heavy atom. The first-order chi connectivity index (χ1) is 9.00. The summed E-state index contributed by atoms with van der Waals surface area (Å²) in [5.74, 6) is 0. The standard InChI is InChI=1S/C17H28N2S/c1-12-9-8-10-13(17(5,6)7)14(12)19-15(20)18-11-16(2,3)4/h8-10H,11H2,1-7H3,(H2,18,19,20). The molecule has 1 aromatic carbocycles. The molecule has 0 aromatic heterocycles. The fraction of sp³-hybridized carbons (Fsp3) is 0.588. The van der Waals surface area contributed by atoms with Gasteiger partial charge in [-0.2, -0.15) is 0 Å². The molecule has 2 N–H and O–H groups in total. The molecule has 0 saturated carbocycles. The van der Waals surface area contributed by atoms with Crippen LogP contribution in [-0.4, -0.2) is 11.7 Å². The Kier molecular flexibility index (Phi) is 5.20. The Hall–Kier alpha value is -1.09. The molecule has 20 heavy (non-hydrogen) atoms. The van der Waals surface area contributed by atoms with Crippen LogP contribution < -0.4 is 10.6 Å². The summed E-state index contributed by atoms with van der Waals surface area (Å²) >= 11 is 5.42. The second-order valence-corrected chi connectivity index (χ2v) is 8.02. The number of hydrogen-bond acceptors (Lipinski definition) is 1. The molecule has 2 nitrogen and oxygen atoms in total. The van der Waals surface area contributed by atoms with Gasteiger partial charge in [-0.05, 0) is 41.1 Å². The lowest BCUT2D eigenvalue weighted by atomic mass is 9.84. The highest BCUT2D eigenvalue weighted by molar-refractivity contribution is 7.80. The lowest BCUT2D eigenvalue weighted by Crippen LogP contribution is -2.36. The van der Waals surface area contributed by atoms with Gasteiger partial charge in [-0.1, -0.05) is 59.7 Å². The quantitative estimate of drug-likeness (QED) is 0.777. The number of benzene rings is 1. The summed E-state index contributed by atoms with van der Waals surface area (Å²) in [5.41, 5.74) is 3.94. The van der Waals surface area contributed by atoms with Gasteiger partial charge in [-0.15, -0.1) is 0 Å². The summed E-state index contributed by atoms with van der Waals surface area (Å²) < 4.78 is 0. The third-order valence-corrected chi connectivity index (χ3v) is 3.35. The van der Waals surface area contributed by atoms with Crippen molar-refractivity contribution >= 4 is 23.0 Å². The van der Waals surface area contributed by atoms with Crippen molar-refractivity contribution in [3.63, 3.8) is 0 Å². The first-order valence-corrected chi connectivity index (χ1v) is 7.56. The molecule has 112 valence electrons. The van der Waals surface area contributed by atoms with Crippen LogP contribution in [0.15, 0.2) is 18.2 Å². The summed E-state index contributed by atoms with van der Waals surface area (Å²) in [5, 5.41) is 7.37. The molecule has 0 bridgehead atoms. The summed E-state index contributed by atoms with van der Waals surface area (Å²) in [7, 11) is 0. The van der Waals surface area contributed by atoms with E-state index in [1.54, 1.807) is 0 Å². The second-order valence-electron chi connectivity index (χ2n) is 7.62. The van der Waals surface area contributed by atoms with Gasteiger partial charge in [0, 0.05) is 12.2 Å². The first-order valence-electron chi connectivity index (χ1n) is 7.16. The van der Waals surface area contributed by atoms with Crippen LogP contribution in [0.4, 0.5) is 5.69 Å². The van der Waals surface area contributed by atoms with Gasteiger partial charge in [-0.3, -0.25) is 0 Å². The molecule has 0 heterocycles. The fourth-order valence-corrected chi connectivity index (χ4v) is 2.14. The van der Waals surface area contributed by atoms with Crippen molar-refractivity contribution in [3.05, 3.63) is 29.3 Å². The van der Waals surface area contributed by atoms with E-state index in [0.717, 1.165) is 12.2 Å². The van der Waals surface area contributed by atoms with Gasteiger partial charge < -0.3 is 10.6 Å². The molecule has 0 aliphatic rings. The molecule has 0 radical (unpaired) electrons. The van der Waals surface area contributed by atoms with E-state index in [0.29, 0.717) is 5.11 Å². The molecule has 3 heteroatoms. The third kappa shape index (κ3) is 5.12. The number of aryl methyl sites for hydroxylation is 1. The van der Waals surface area contributed by atoms with Crippen molar-refractivity contribution in [3.8, 4) is 0 Å². The van der Waals surface area contributed by atoms with Gasteiger partial charge in [0.1, 0.15) is 0 Å². The van der Waals surface area contributed by atoms with Crippen LogP contribution in [0.5, 0.6) is 0 Å². The third-order valence-electron chi connectivity index (χ3n) is 3.10. The van der Waals surface area contributed by atoms with Gasteiger partial charge in [0.15, 0.2) is 5.11 Å². The van der Waals surface area contributed by atoms with Crippen LogP contribution in [0.3, 0.4) is 0 Å². The van der Waals surface area contributed by atoms with Gasteiger partial charge in [0.2, 0.25) is 0 Å². The van der Waals surface area contributed by atoms with Crippen LogP contribution in [-0.2, 0) is 5.41 Å². The Bertz CT molecular complexity index is 479. The zero-order chi connectivity index (χ0) is 15.6. The number of thiocarbonyl (C=S) groups is 1. The molecule has 0 aliphatic carbocycles. The smallest absolute Gasteiger partial charge is 0.170 e. The van der Waals surface area contributed by atoms with Gasteiger partial charge in [0.25, 0.3) is 0 Å². The zero-order valence-corrected chi connectivity index (χ0v) is 14.7. The lowest BCUT2D eigenvalue weighted by molar-refractivity contribution is 0.409. The Balaban J connectivity index is 2.90. The summed E-state index contributed by atoms with van der Waals surface area (Å²) in [6.07, 6.45) is 0. The van der Waals surface area contributed by atoms with Crippen LogP contribution in [0, 0.1) is 12.3 Å². The minimum absolute atomic E-state index is 0.0913. The molecule has 0 saturated heterocycles. The van der Waals surface area contributed by atoms with Crippen molar-refractivity contribution < 1.29 is 0 Å². The second kappa shape index (κ2) is 6.13.